The molecular weight excluding hydrogens is 265 g/mol. The van der Waals surface area contributed by atoms with Gasteiger partial charge in [-0.3, -0.25) is 0 Å². The van der Waals surface area contributed by atoms with Gasteiger partial charge in [0.15, 0.2) is 0 Å². The Morgan fingerprint density at radius 2 is 1.24 bits per heavy atom. The largest absolute Gasteiger partial charge is 0.205 e. The first kappa shape index (κ1) is 12.6. The molecule has 4 heteroatoms. The number of rotatable bonds is 0. The molecule has 0 aliphatic rings. The molecule has 96 valence electrons. The fourth-order valence-electron chi connectivity index (χ4n) is 2.47. The highest BCUT2D eigenvalue weighted by molar-refractivity contribution is 6.02. The van der Waals surface area contributed by atoms with Crippen LogP contribution in [-0.2, 0) is 0 Å². The number of hydrogen-bond acceptors (Lipinski definition) is 3. The average Bonchev–Trinajstić information content (AvgIpc) is 2.53. The Kier molecular flexibility index (Phi) is 2.76. The number of benzene rings is 3. The van der Waals surface area contributed by atoms with Crippen molar-refractivity contribution in [2.24, 2.45) is 0 Å². The van der Waals surface area contributed by atoms with Gasteiger partial charge < -0.3 is 0 Å². The SMILES string of the molecule is N#Cc1c(C#N)c(C#N)c2cc3ccccc3cc2c1F. The van der Waals surface area contributed by atoms with Gasteiger partial charge in [-0.1, -0.05) is 24.3 Å². The zero-order chi connectivity index (χ0) is 15.0. The van der Waals surface area contributed by atoms with Crippen LogP contribution in [0.3, 0.4) is 0 Å². The molecule has 0 heterocycles. The highest BCUT2D eigenvalue weighted by atomic mass is 19.1. The zero-order valence-electron chi connectivity index (χ0n) is 10.7. The maximum atomic E-state index is 14.5. The third-order valence-electron chi connectivity index (χ3n) is 3.45. The Morgan fingerprint density at radius 3 is 1.76 bits per heavy atom. The van der Waals surface area contributed by atoms with Gasteiger partial charge >= 0.3 is 0 Å². The van der Waals surface area contributed by atoms with Gasteiger partial charge in [0.1, 0.15) is 29.6 Å². The van der Waals surface area contributed by atoms with Crippen molar-refractivity contribution in [1.82, 2.24) is 0 Å². The fourth-order valence-corrected chi connectivity index (χ4v) is 2.47. The predicted octanol–water partition coefficient (Wildman–Crippen LogP) is 3.75. The second kappa shape index (κ2) is 4.60. The summed E-state index contributed by atoms with van der Waals surface area (Å²) in [6, 6.07) is 16.0. The van der Waals surface area contributed by atoms with E-state index < -0.39 is 5.82 Å². The topological polar surface area (TPSA) is 71.4 Å². The van der Waals surface area contributed by atoms with E-state index in [1.807, 2.05) is 30.3 Å². The van der Waals surface area contributed by atoms with Crippen LogP contribution in [0, 0.1) is 39.8 Å². The van der Waals surface area contributed by atoms with Crippen LogP contribution in [0.1, 0.15) is 16.7 Å². The van der Waals surface area contributed by atoms with Crippen molar-refractivity contribution >= 4 is 21.5 Å². The molecule has 0 saturated heterocycles. The lowest BCUT2D eigenvalue weighted by molar-refractivity contribution is 0.635. The summed E-state index contributed by atoms with van der Waals surface area (Å²) in [5.74, 6) is -0.756. The zero-order valence-corrected chi connectivity index (χ0v) is 10.7. The van der Waals surface area contributed by atoms with Gasteiger partial charge in [0.25, 0.3) is 0 Å². The normalized spacial score (nSPS) is 10.0. The number of halogens is 1. The van der Waals surface area contributed by atoms with Gasteiger partial charge in [0, 0.05) is 10.8 Å². The lowest BCUT2D eigenvalue weighted by Gasteiger charge is -2.08. The van der Waals surface area contributed by atoms with E-state index in [0.29, 0.717) is 5.39 Å². The fraction of sp³-hybridized carbons (Fsp3) is 0. The molecule has 0 fully saturated rings. The Hall–Kier alpha value is -3.42. The lowest BCUT2D eigenvalue weighted by Crippen LogP contribution is -1.97. The van der Waals surface area contributed by atoms with E-state index in [9.17, 15) is 9.65 Å². The van der Waals surface area contributed by atoms with Crippen molar-refractivity contribution < 1.29 is 4.39 Å². The molecule has 3 aromatic rings. The molecule has 21 heavy (non-hydrogen) atoms. The van der Waals surface area contributed by atoms with Gasteiger partial charge in [-0.25, -0.2) is 4.39 Å². The Labute approximate surface area is 119 Å². The van der Waals surface area contributed by atoms with Crippen LogP contribution in [0.2, 0.25) is 0 Å². The molecule has 0 aliphatic heterocycles. The first-order chi connectivity index (χ1) is 10.2. The van der Waals surface area contributed by atoms with Crippen LogP contribution in [0.25, 0.3) is 21.5 Å². The van der Waals surface area contributed by atoms with Gasteiger partial charge in [-0.05, 0) is 22.9 Å². The second-order valence-corrected chi connectivity index (χ2v) is 4.52. The molecule has 0 spiro atoms. The summed E-state index contributed by atoms with van der Waals surface area (Å²) >= 11 is 0. The van der Waals surface area contributed by atoms with E-state index in [4.69, 9.17) is 10.5 Å². The van der Waals surface area contributed by atoms with Crippen LogP contribution in [0.4, 0.5) is 4.39 Å². The number of hydrogen-bond donors (Lipinski definition) is 0. The van der Waals surface area contributed by atoms with E-state index >= 15 is 0 Å². The van der Waals surface area contributed by atoms with Crippen LogP contribution >= 0.6 is 0 Å². The van der Waals surface area contributed by atoms with Crippen molar-refractivity contribution in [3.63, 3.8) is 0 Å². The molecule has 0 aromatic heterocycles. The van der Waals surface area contributed by atoms with Crippen molar-refractivity contribution in [2.45, 2.75) is 0 Å². The quantitative estimate of drug-likeness (QED) is 0.584. The van der Waals surface area contributed by atoms with Gasteiger partial charge in [-0.15, -0.1) is 0 Å². The van der Waals surface area contributed by atoms with Crippen LogP contribution < -0.4 is 0 Å². The van der Waals surface area contributed by atoms with Gasteiger partial charge in [0.2, 0.25) is 0 Å². The van der Waals surface area contributed by atoms with Crippen molar-refractivity contribution in [3.8, 4) is 18.2 Å². The molecule has 0 aliphatic carbocycles. The minimum Gasteiger partial charge on any atom is -0.205 e. The van der Waals surface area contributed by atoms with E-state index in [1.54, 1.807) is 24.3 Å². The maximum absolute atomic E-state index is 14.5. The highest BCUT2D eigenvalue weighted by Gasteiger charge is 2.19. The van der Waals surface area contributed by atoms with E-state index in [2.05, 4.69) is 0 Å². The summed E-state index contributed by atoms with van der Waals surface area (Å²) in [4.78, 5) is 0. The third kappa shape index (κ3) is 1.70. The monoisotopic (exact) mass is 271 g/mol. The molecular formula is C17H6FN3. The molecule has 3 rings (SSSR count). The first-order valence-corrected chi connectivity index (χ1v) is 6.09. The standard InChI is InChI=1S/C17H6FN3/c18-17-13-6-11-4-2-1-3-10(11)5-12(13)14(7-19)15(8-20)16(17)9-21/h1-6H. The Balaban J connectivity index is 2.65. The molecule has 0 unspecified atom stereocenters. The van der Waals surface area contributed by atoms with E-state index in [0.717, 1.165) is 10.8 Å². The van der Waals surface area contributed by atoms with E-state index in [1.165, 1.54) is 0 Å². The van der Waals surface area contributed by atoms with Crippen LogP contribution in [0.5, 0.6) is 0 Å². The number of nitrogens with zero attached hydrogens (tertiary/aromatic N) is 3. The molecule has 0 N–H and O–H groups in total. The summed E-state index contributed by atoms with van der Waals surface area (Å²) in [6.07, 6.45) is 0. The maximum Gasteiger partial charge on any atom is 0.150 e. The molecule has 0 atom stereocenters. The third-order valence-corrected chi connectivity index (χ3v) is 3.45. The molecule has 3 aromatic carbocycles. The molecule has 0 saturated carbocycles. The van der Waals surface area contributed by atoms with Crippen molar-refractivity contribution in [2.75, 3.05) is 0 Å². The smallest absolute Gasteiger partial charge is 0.150 e. The minimum absolute atomic E-state index is 0.0382. The molecule has 3 nitrogen and oxygen atoms in total. The number of fused-ring (bicyclic) bond motifs is 2. The van der Waals surface area contributed by atoms with Crippen LogP contribution in [-0.4, -0.2) is 0 Å². The number of nitriles is 3. The summed E-state index contributed by atoms with van der Waals surface area (Å²) in [6.45, 7) is 0. The van der Waals surface area contributed by atoms with Crippen molar-refractivity contribution in [1.29, 1.82) is 15.8 Å². The molecule has 0 amide bonds. The lowest BCUT2D eigenvalue weighted by atomic mass is 9.93. The second-order valence-electron chi connectivity index (χ2n) is 4.52. The summed E-state index contributed by atoms with van der Waals surface area (Å²) < 4.78 is 14.5. The van der Waals surface area contributed by atoms with Crippen LogP contribution in [0.15, 0.2) is 36.4 Å². The van der Waals surface area contributed by atoms with Gasteiger partial charge in [-0.2, -0.15) is 15.8 Å². The Morgan fingerprint density at radius 1 is 0.714 bits per heavy atom. The summed E-state index contributed by atoms with van der Waals surface area (Å²) in [5.41, 5.74) is -0.548. The predicted molar refractivity (Wildman–Crippen MR) is 75.6 cm³/mol. The van der Waals surface area contributed by atoms with Gasteiger partial charge in [0.05, 0.1) is 11.1 Å². The molecule has 0 bridgehead atoms. The summed E-state index contributed by atoms with van der Waals surface area (Å²) in [5, 5.41) is 29.7. The summed E-state index contributed by atoms with van der Waals surface area (Å²) in [7, 11) is 0. The minimum atomic E-state index is -0.756. The van der Waals surface area contributed by atoms with E-state index in [-0.39, 0.29) is 22.1 Å². The highest BCUT2D eigenvalue weighted by Crippen LogP contribution is 2.32. The Bertz CT molecular complexity index is 1030. The van der Waals surface area contributed by atoms with Crippen molar-refractivity contribution in [3.05, 3.63) is 58.9 Å². The molecule has 0 radical (unpaired) electrons. The average molecular weight is 271 g/mol. The first-order valence-electron chi connectivity index (χ1n) is 6.09.